The summed E-state index contributed by atoms with van der Waals surface area (Å²) in [5.74, 6) is -0.190. The molecule has 0 spiro atoms. The van der Waals surface area contributed by atoms with E-state index in [4.69, 9.17) is 9.47 Å². The van der Waals surface area contributed by atoms with Crippen LogP contribution in [0.3, 0.4) is 0 Å². The Morgan fingerprint density at radius 1 is 1.22 bits per heavy atom. The highest BCUT2D eigenvalue weighted by molar-refractivity contribution is 5.47. The normalized spacial score (nSPS) is 20.4. The van der Waals surface area contributed by atoms with Crippen molar-refractivity contribution in [3.63, 3.8) is 0 Å². The van der Waals surface area contributed by atoms with E-state index in [2.05, 4.69) is 0 Å². The average Bonchev–Trinajstić information content (AvgIpc) is 2.72. The van der Waals surface area contributed by atoms with Crippen molar-refractivity contribution >= 4 is 0 Å². The maximum absolute atomic E-state index is 9.91. The molecule has 0 saturated carbocycles. The minimum atomic E-state index is -0.537. The molecule has 2 atom stereocenters. The van der Waals surface area contributed by atoms with Gasteiger partial charge >= 0.3 is 0 Å². The van der Waals surface area contributed by atoms with E-state index in [-0.39, 0.29) is 5.92 Å². The van der Waals surface area contributed by atoms with Gasteiger partial charge in [0.2, 0.25) is 0 Å². The maximum Gasteiger partial charge on any atom is 0.166 e. The van der Waals surface area contributed by atoms with Crippen LogP contribution in [-0.4, -0.2) is 50.7 Å². The van der Waals surface area contributed by atoms with E-state index in [1.165, 1.54) is 0 Å². The van der Waals surface area contributed by atoms with Gasteiger partial charge < -0.3 is 19.5 Å². The summed E-state index contributed by atoms with van der Waals surface area (Å²) in [7, 11) is 7.12. The van der Waals surface area contributed by atoms with Crippen LogP contribution in [0.5, 0.6) is 0 Å². The molecule has 0 fully saturated rings. The minimum Gasteiger partial charge on any atom is -0.393 e. The van der Waals surface area contributed by atoms with Gasteiger partial charge in [0.15, 0.2) is 6.29 Å². The Labute approximate surface area is 109 Å². The first-order valence-electron chi connectivity index (χ1n) is 6.01. The van der Waals surface area contributed by atoms with E-state index in [0.717, 1.165) is 11.1 Å². The molecule has 0 aromatic heterocycles. The number of nitrogens with zero attached hydrogens (tertiary/aromatic N) is 1. The second-order valence-electron chi connectivity index (χ2n) is 4.68. The number of hydrogen-bond donors (Lipinski definition) is 1. The van der Waals surface area contributed by atoms with Gasteiger partial charge in [0, 0.05) is 34.5 Å². The second-order valence-corrected chi connectivity index (χ2v) is 4.68. The molecule has 4 heteroatoms. The molecule has 0 saturated heterocycles. The molecule has 4 nitrogen and oxygen atoms in total. The zero-order valence-corrected chi connectivity index (χ0v) is 11.8. The monoisotopic (exact) mass is 253 g/mol. The molecule has 18 heavy (non-hydrogen) atoms. The Balaban J connectivity index is 2.93. The predicted molar refractivity (Wildman–Crippen MR) is 72.0 cm³/mol. The summed E-state index contributed by atoms with van der Waals surface area (Å²) < 4.78 is 10.5. The van der Waals surface area contributed by atoms with Crippen molar-refractivity contribution in [1.82, 2.24) is 4.90 Å². The van der Waals surface area contributed by atoms with E-state index < -0.39 is 12.4 Å². The highest BCUT2D eigenvalue weighted by atomic mass is 16.7. The number of allylic oxidation sites excluding steroid dienone is 4. The number of hydrogen-bond acceptors (Lipinski definition) is 4. The van der Waals surface area contributed by atoms with E-state index in [1.807, 2.05) is 43.4 Å². The molecule has 0 aromatic rings. The Morgan fingerprint density at radius 2 is 1.83 bits per heavy atom. The first-order chi connectivity index (χ1) is 8.49. The van der Waals surface area contributed by atoms with Gasteiger partial charge in [-0.15, -0.1) is 0 Å². The molecule has 1 aliphatic rings. The lowest BCUT2D eigenvalue weighted by molar-refractivity contribution is -0.147. The number of aliphatic hydroxyl groups excluding tert-OH is 1. The lowest BCUT2D eigenvalue weighted by Crippen LogP contribution is -2.33. The van der Waals surface area contributed by atoms with E-state index in [9.17, 15) is 5.11 Å². The highest BCUT2D eigenvalue weighted by Crippen LogP contribution is 2.29. The molecule has 0 bridgehead atoms. The summed E-state index contributed by atoms with van der Waals surface area (Å²) in [6, 6.07) is 0. The van der Waals surface area contributed by atoms with Crippen molar-refractivity contribution < 1.29 is 14.6 Å². The summed E-state index contributed by atoms with van der Waals surface area (Å²) in [5, 5.41) is 9.91. The largest absolute Gasteiger partial charge is 0.393 e. The van der Waals surface area contributed by atoms with Crippen molar-refractivity contribution in [1.29, 1.82) is 0 Å². The molecule has 0 aromatic carbocycles. The van der Waals surface area contributed by atoms with Crippen LogP contribution >= 0.6 is 0 Å². The van der Waals surface area contributed by atoms with Crippen LogP contribution in [0, 0.1) is 5.92 Å². The number of rotatable bonds is 6. The van der Waals surface area contributed by atoms with Crippen LogP contribution in [-0.2, 0) is 9.47 Å². The van der Waals surface area contributed by atoms with Crippen molar-refractivity contribution in [2.45, 2.75) is 19.3 Å². The van der Waals surface area contributed by atoms with E-state index in [1.54, 1.807) is 21.1 Å². The first-order valence-corrected chi connectivity index (χ1v) is 6.01. The predicted octanol–water partition coefficient (Wildman–Crippen LogP) is 1.54. The fourth-order valence-corrected chi connectivity index (χ4v) is 2.12. The molecule has 0 heterocycles. The highest BCUT2D eigenvalue weighted by Gasteiger charge is 2.29. The van der Waals surface area contributed by atoms with E-state index >= 15 is 0 Å². The van der Waals surface area contributed by atoms with Crippen LogP contribution in [0.1, 0.15) is 6.92 Å². The van der Waals surface area contributed by atoms with Gasteiger partial charge in [-0.25, -0.2) is 0 Å². The zero-order chi connectivity index (χ0) is 13.7. The first kappa shape index (κ1) is 15.0. The zero-order valence-electron chi connectivity index (χ0n) is 11.8. The van der Waals surface area contributed by atoms with Gasteiger partial charge in [0.05, 0.1) is 12.0 Å². The van der Waals surface area contributed by atoms with Crippen molar-refractivity contribution in [3.05, 3.63) is 35.6 Å². The Bertz CT molecular complexity index is 352. The molecule has 102 valence electrons. The summed E-state index contributed by atoms with van der Waals surface area (Å²) in [6.45, 7) is 1.75. The average molecular weight is 253 g/mol. The minimum absolute atomic E-state index is 0.190. The molecule has 1 aliphatic carbocycles. The summed E-state index contributed by atoms with van der Waals surface area (Å²) in [5.41, 5.74) is 2.12. The summed E-state index contributed by atoms with van der Waals surface area (Å²) >= 11 is 0. The number of methoxy groups -OCH3 is 2. The third kappa shape index (κ3) is 3.70. The van der Waals surface area contributed by atoms with Gasteiger partial charge in [0.25, 0.3) is 0 Å². The van der Waals surface area contributed by atoms with Gasteiger partial charge in [-0.1, -0.05) is 12.2 Å². The lowest BCUT2D eigenvalue weighted by Gasteiger charge is -2.27. The third-order valence-corrected chi connectivity index (χ3v) is 2.87. The fraction of sp³-hybridized carbons (Fsp3) is 0.571. The second kappa shape index (κ2) is 6.73. The smallest absolute Gasteiger partial charge is 0.166 e. The summed E-state index contributed by atoms with van der Waals surface area (Å²) in [4.78, 5) is 1.99. The fourth-order valence-electron chi connectivity index (χ4n) is 2.12. The Kier molecular flexibility index (Phi) is 5.59. The maximum atomic E-state index is 9.91. The van der Waals surface area contributed by atoms with Crippen LogP contribution in [0.4, 0.5) is 0 Å². The molecular formula is C14H23NO3. The molecular weight excluding hydrogens is 230 g/mol. The lowest BCUT2D eigenvalue weighted by atomic mass is 9.94. The van der Waals surface area contributed by atoms with Gasteiger partial charge in [-0.2, -0.15) is 0 Å². The van der Waals surface area contributed by atoms with Gasteiger partial charge in [-0.05, 0) is 24.1 Å². The quantitative estimate of drug-likeness (QED) is 0.729. The Hall–Kier alpha value is -1.10. The van der Waals surface area contributed by atoms with Gasteiger partial charge in [0.1, 0.15) is 0 Å². The van der Waals surface area contributed by atoms with Crippen molar-refractivity contribution in [3.8, 4) is 0 Å². The van der Waals surface area contributed by atoms with Crippen LogP contribution in [0.25, 0.3) is 0 Å². The number of ether oxygens (including phenoxy) is 2. The molecule has 0 radical (unpaired) electrons. The van der Waals surface area contributed by atoms with E-state index in [0.29, 0.717) is 0 Å². The molecule has 1 N–H and O–H groups in total. The van der Waals surface area contributed by atoms with Crippen molar-refractivity contribution in [2.24, 2.45) is 5.92 Å². The van der Waals surface area contributed by atoms with Crippen LogP contribution < -0.4 is 0 Å². The van der Waals surface area contributed by atoms with Crippen LogP contribution in [0.2, 0.25) is 0 Å². The van der Waals surface area contributed by atoms with Gasteiger partial charge in [-0.3, -0.25) is 0 Å². The van der Waals surface area contributed by atoms with Crippen LogP contribution in [0.15, 0.2) is 35.6 Å². The molecule has 1 rings (SSSR count). The Morgan fingerprint density at radius 3 is 2.28 bits per heavy atom. The standard InChI is InChI=1S/C14H23NO3/c1-10(16)13(14(17-4)18-5)12-7-6-11(8-12)9-15(2)3/h6-10,13-14,16H,1-5H3/b11-9+. The molecule has 0 aliphatic heterocycles. The molecule has 2 unspecified atom stereocenters. The topological polar surface area (TPSA) is 41.9 Å². The summed E-state index contributed by atoms with van der Waals surface area (Å²) in [6.07, 6.45) is 7.11. The number of aliphatic hydroxyl groups is 1. The SMILES string of the molecule is COC(OC)C(C1=C/C(=C/N(C)C)C=C1)C(C)O. The molecule has 0 amide bonds. The third-order valence-electron chi connectivity index (χ3n) is 2.87. The van der Waals surface area contributed by atoms with Crippen molar-refractivity contribution in [2.75, 3.05) is 28.3 Å².